The fourth-order valence-electron chi connectivity index (χ4n) is 2.28. The molecule has 0 saturated heterocycles. The first-order chi connectivity index (χ1) is 9.85. The van der Waals surface area contributed by atoms with E-state index in [1.807, 2.05) is 0 Å². The number of phosphoric acid groups is 1. The van der Waals surface area contributed by atoms with Gasteiger partial charge in [0, 0.05) is 0 Å². The van der Waals surface area contributed by atoms with Gasteiger partial charge in [-0.1, -0.05) is 71.6 Å². The number of unbranched alkanes of at least 4 members (excludes halogenated alkanes) is 7. The molecule has 5 N–H and O–H groups in total. The molecule has 6 heteroatoms. The topological polar surface area (TPSA) is 104 Å². The minimum Gasteiger partial charge on any atom is -0.330 e. The maximum atomic E-state index is 8.88. The summed E-state index contributed by atoms with van der Waals surface area (Å²) in [4.78, 5) is 21.6. The maximum Gasteiger partial charge on any atom is 0.466 e. The zero-order valence-corrected chi connectivity index (χ0v) is 14.7. The molecule has 0 aliphatic rings. The molecule has 0 radical (unpaired) electrons. The van der Waals surface area contributed by atoms with E-state index in [9.17, 15) is 0 Å². The Bertz CT molecular complexity index is 238. The number of nitrogens with two attached hydrogens (primary N) is 1. The highest BCUT2D eigenvalue weighted by molar-refractivity contribution is 7.45. The normalized spacial score (nSPS) is 12.7. The van der Waals surface area contributed by atoms with Crippen molar-refractivity contribution in [3.63, 3.8) is 0 Å². The first-order valence-corrected chi connectivity index (χ1v) is 9.89. The zero-order valence-electron chi connectivity index (χ0n) is 13.8. The molecule has 0 aromatic carbocycles. The predicted molar refractivity (Wildman–Crippen MR) is 88.9 cm³/mol. The van der Waals surface area contributed by atoms with Crippen LogP contribution in [0.1, 0.15) is 84.5 Å². The van der Waals surface area contributed by atoms with Crippen molar-refractivity contribution < 1.29 is 19.2 Å². The summed E-state index contributed by atoms with van der Waals surface area (Å²) in [6, 6.07) is 0. The molecule has 1 atom stereocenters. The van der Waals surface area contributed by atoms with E-state index in [1.165, 1.54) is 70.6 Å². The minimum absolute atomic E-state index is 0.803. The SMILES string of the molecule is CCCCCCCCC(CN)CCCCC.O=P(O)(O)O. The van der Waals surface area contributed by atoms with Crippen LogP contribution in [0, 0.1) is 5.92 Å². The summed E-state index contributed by atoms with van der Waals surface area (Å²) >= 11 is 0. The summed E-state index contributed by atoms with van der Waals surface area (Å²) in [5.74, 6) is 0.803. The van der Waals surface area contributed by atoms with Gasteiger partial charge in [0.05, 0.1) is 0 Å². The Hall–Kier alpha value is 0.0700. The van der Waals surface area contributed by atoms with E-state index in [0.717, 1.165) is 12.5 Å². The van der Waals surface area contributed by atoms with Crippen LogP contribution in [0.2, 0.25) is 0 Å². The lowest BCUT2D eigenvalue weighted by molar-refractivity contribution is 0.275. The van der Waals surface area contributed by atoms with E-state index < -0.39 is 7.82 Å². The van der Waals surface area contributed by atoms with Crippen LogP contribution in [0.3, 0.4) is 0 Å². The first kappa shape index (κ1) is 23.3. The van der Waals surface area contributed by atoms with Crippen molar-refractivity contribution in [2.24, 2.45) is 11.7 Å². The van der Waals surface area contributed by atoms with Crippen molar-refractivity contribution >= 4 is 7.82 Å². The van der Waals surface area contributed by atoms with Crippen LogP contribution < -0.4 is 5.73 Å². The van der Waals surface area contributed by atoms with Gasteiger partial charge in [0.1, 0.15) is 0 Å². The average molecular weight is 325 g/mol. The second kappa shape index (κ2) is 16.4. The van der Waals surface area contributed by atoms with Crippen LogP contribution in [0.5, 0.6) is 0 Å². The monoisotopic (exact) mass is 325 g/mol. The quantitative estimate of drug-likeness (QED) is 0.321. The van der Waals surface area contributed by atoms with Gasteiger partial charge in [0.25, 0.3) is 0 Å². The molecule has 0 aromatic rings. The van der Waals surface area contributed by atoms with Gasteiger partial charge in [-0.3, -0.25) is 0 Å². The van der Waals surface area contributed by atoms with Crippen LogP contribution in [0.15, 0.2) is 0 Å². The van der Waals surface area contributed by atoms with Crippen molar-refractivity contribution in [2.75, 3.05) is 6.54 Å². The van der Waals surface area contributed by atoms with Crippen molar-refractivity contribution in [3.05, 3.63) is 0 Å². The van der Waals surface area contributed by atoms with Gasteiger partial charge in [-0.05, 0) is 25.3 Å². The summed E-state index contributed by atoms with van der Waals surface area (Å²) in [7, 11) is -4.64. The fourth-order valence-corrected chi connectivity index (χ4v) is 2.28. The molecular weight excluding hydrogens is 289 g/mol. The lowest BCUT2D eigenvalue weighted by Crippen LogP contribution is -2.14. The second-order valence-electron chi connectivity index (χ2n) is 5.67. The molecule has 0 saturated carbocycles. The van der Waals surface area contributed by atoms with E-state index in [-0.39, 0.29) is 0 Å². The van der Waals surface area contributed by atoms with Gasteiger partial charge in [0.2, 0.25) is 0 Å². The Morgan fingerprint density at radius 3 is 1.57 bits per heavy atom. The molecule has 0 amide bonds. The van der Waals surface area contributed by atoms with Gasteiger partial charge >= 0.3 is 7.82 Å². The smallest absolute Gasteiger partial charge is 0.330 e. The van der Waals surface area contributed by atoms with Crippen LogP contribution in [-0.2, 0) is 4.57 Å². The number of hydrogen-bond acceptors (Lipinski definition) is 2. The van der Waals surface area contributed by atoms with Gasteiger partial charge in [-0.15, -0.1) is 0 Å². The maximum absolute atomic E-state index is 8.88. The first-order valence-electron chi connectivity index (χ1n) is 8.33. The third-order valence-electron chi connectivity index (χ3n) is 3.52. The molecule has 1 unspecified atom stereocenters. The van der Waals surface area contributed by atoms with Crippen LogP contribution in [0.25, 0.3) is 0 Å². The number of hydrogen-bond donors (Lipinski definition) is 4. The third-order valence-corrected chi connectivity index (χ3v) is 3.52. The Morgan fingerprint density at radius 1 is 0.810 bits per heavy atom. The van der Waals surface area contributed by atoms with Gasteiger partial charge in [-0.25, -0.2) is 4.57 Å². The molecule has 0 aliphatic heterocycles. The van der Waals surface area contributed by atoms with E-state index in [1.54, 1.807) is 0 Å². The highest BCUT2D eigenvalue weighted by Gasteiger charge is 2.05. The summed E-state index contributed by atoms with van der Waals surface area (Å²) in [6.45, 7) is 5.45. The van der Waals surface area contributed by atoms with Crippen molar-refractivity contribution in [1.82, 2.24) is 0 Å². The minimum atomic E-state index is -4.64. The summed E-state index contributed by atoms with van der Waals surface area (Å²) in [5, 5.41) is 0. The Morgan fingerprint density at radius 2 is 1.14 bits per heavy atom. The van der Waals surface area contributed by atoms with Gasteiger partial charge < -0.3 is 20.4 Å². The molecule has 0 fully saturated rings. The summed E-state index contributed by atoms with van der Waals surface area (Å²) in [5.41, 5.74) is 5.82. The number of rotatable bonds is 12. The van der Waals surface area contributed by atoms with E-state index in [4.69, 9.17) is 25.0 Å². The Kier molecular flexibility index (Phi) is 18.3. The molecule has 0 aromatic heterocycles. The van der Waals surface area contributed by atoms with E-state index in [0.29, 0.717) is 0 Å². The molecule has 21 heavy (non-hydrogen) atoms. The van der Waals surface area contributed by atoms with Gasteiger partial charge in [0.15, 0.2) is 0 Å². The molecule has 0 rings (SSSR count). The lowest BCUT2D eigenvalue weighted by atomic mass is 9.95. The average Bonchev–Trinajstić information content (AvgIpc) is 2.39. The molecule has 5 nitrogen and oxygen atoms in total. The molecule has 0 spiro atoms. The largest absolute Gasteiger partial charge is 0.466 e. The lowest BCUT2D eigenvalue weighted by Gasteiger charge is -2.14. The summed E-state index contributed by atoms with van der Waals surface area (Å²) < 4.78 is 8.88. The Balaban J connectivity index is 0. The van der Waals surface area contributed by atoms with Crippen LogP contribution >= 0.6 is 7.82 Å². The van der Waals surface area contributed by atoms with Crippen molar-refractivity contribution in [1.29, 1.82) is 0 Å². The molecule has 0 aliphatic carbocycles. The van der Waals surface area contributed by atoms with E-state index >= 15 is 0 Å². The van der Waals surface area contributed by atoms with Crippen molar-refractivity contribution in [2.45, 2.75) is 84.5 Å². The second-order valence-corrected chi connectivity index (χ2v) is 6.69. The van der Waals surface area contributed by atoms with E-state index in [2.05, 4.69) is 13.8 Å². The van der Waals surface area contributed by atoms with Crippen LogP contribution in [0.4, 0.5) is 0 Å². The predicted octanol–water partition coefficient (Wildman–Crippen LogP) is 3.96. The zero-order chi connectivity index (χ0) is 16.6. The molecular formula is C15H36NO4P. The molecule has 0 bridgehead atoms. The van der Waals surface area contributed by atoms with Gasteiger partial charge in [-0.2, -0.15) is 0 Å². The summed E-state index contributed by atoms with van der Waals surface area (Å²) in [6.07, 6.45) is 15.3. The van der Waals surface area contributed by atoms with Crippen LogP contribution in [-0.4, -0.2) is 21.2 Å². The Labute approximate surface area is 130 Å². The van der Waals surface area contributed by atoms with Crippen molar-refractivity contribution in [3.8, 4) is 0 Å². The standard InChI is InChI=1S/C15H33N.H3O4P/c1-3-5-7-8-9-11-13-15(14-16)12-10-6-4-2;1-5(2,3)4/h15H,3-14,16H2,1-2H3;(H3,1,2,3,4). The highest BCUT2D eigenvalue weighted by atomic mass is 31.2. The molecule has 130 valence electrons. The third kappa shape index (κ3) is 28.9. The highest BCUT2D eigenvalue weighted by Crippen LogP contribution is 2.25. The fraction of sp³-hybridized carbons (Fsp3) is 1.00. The molecule has 0 heterocycles.